The summed E-state index contributed by atoms with van der Waals surface area (Å²) in [4.78, 5) is 29.1. The van der Waals surface area contributed by atoms with E-state index >= 15 is 0 Å². The number of anilines is 2. The van der Waals surface area contributed by atoms with Gasteiger partial charge in [0.1, 0.15) is 0 Å². The molecular weight excluding hydrogens is 352 g/mol. The monoisotopic (exact) mass is 380 g/mol. The van der Waals surface area contributed by atoms with E-state index in [9.17, 15) is 9.59 Å². The van der Waals surface area contributed by atoms with Gasteiger partial charge in [0, 0.05) is 23.5 Å². The predicted molar refractivity (Wildman–Crippen MR) is 111 cm³/mol. The smallest absolute Gasteiger partial charge is 0.319 e. The Bertz CT molecular complexity index is 831. The van der Waals surface area contributed by atoms with Crippen LogP contribution < -0.4 is 16.0 Å². The highest BCUT2D eigenvalue weighted by Crippen LogP contribution is 2.26. The molecular formula is C22H28N4O2. The lowest BCUT2D eigenvalue weighted by atomic mass is 10.1. The molecule has 28 heavy (non-hydrogen) atoms. The molecule has 0 bridgehead atoms. The first-order valence-electron chi connectivity index (χ1n) is 9.96. The highest BCUT2D eigenvalue weighted by Gasteiger charge is 2.22. The standard InChI is InChI=1S/C22H28N4O2/c1-3-19(20-13-15(2)11-12-23-20)26-22(28)25-18-10-6-9-17(14-18)24-21(27)16-7-4-5-8-16/h6,9-14,16,19H,3-5,7-8H2,1-2H3,(H,24,27)(H2,25,26,28)/t19-/m0/s1. The number of nitrogens with one attached hydrogen (secondary N) is 3. The van der Waals surface area contributed by atoms with E-state index in [0.717, 1.165) is 43.4 Å². The zero-order valence-electron chi connectivity index (χ0n) is 16.5. The maximum atomic E-state index is 12.4. The summed E-state index contributed by atoms with van der Waals surface area (Å²) < 4.78 is 0. The van der Waals surface area contributed by atoms with E-state index in [1.807, 2.05) is 38.1 Å². The first-order valence-corrected chi connectivity index (χ1v) is 9.96. The van der Waals surface area contributed by atoms with Gasteiger partial charge in [-0.05, 0) is 62.1 Å². The summed E-state index contributed by atoms with van der Waals surface area (Å²) in [6.07, 6.45) is 6.64. The largest absolute Gasteiger partial charge is 0.330 e. The molecule has 1 aromatic carbocycles. The van der Waals surface area contributed by atoms with Crippen LogP contribution in [-0.2, 0) is 4.79 Å². The predicted octanol–water partition coefficient (Wildman–Crippen LogP) is 4.79. The second-order valence-corrected chi connectivity index (χ2v) is 7.37. The number of hydrogen-bond acceptors (Lipinski definition) is 3. The highest BCUT2D eigenvalue weighted by atomic mass is 16.2. The van der Waals surface area contributed by atoms with Gasteiger partial charge in [-0.1, -0.05) is 25.8 Å². The number of carbonyl (C=O) groups is 2. The molecule has 1 aromatic heterocycles. The summed E-state index contributed by atoms with van der Waals surface area (Å²) in [5, 5.41) is 8.77. The molecule has 6 heteroatoms. The summed E-state index contributed by atoms with van der Waals surface area (Å²) in [7, 11) is 0. The normalized spacial score (nSPS) is 15.1. The molecule has 148 valence electrons. The molecule has 0 unspecified atom stereocenters. The van der Waals surface area contributed by atoms with Gasteiger partial charge in [0.25, 0.3) is 0 Å². The van der Waals surface area contributed by atoms with Gasteiger partial charge in [-0.2, -0.15) is 0 Å². The number of pyridine rings is 1. The number of amides is 3. The number of benzene rings is 1. The summed E-state index contributed by atoms with van der Waals surface area (Å²) in [6.45, 7) is 4.01. The third-order valence-electron chi connectivity index (χ3n) is 5.12. The van der Waals surface area contributed by atoms with Gasteiger partial charge in [-0.15, -0.1) is 0 Å². The zero-order valence-corrected chi connectivity index (χ0v) is 16.5. The van der Waals surface area contributed by atoms with Crippen molar-refractivity contribution >= 4 is 23.3 Å². The lowest BCUT2D eigenvalue weighted by Crippen LogP contribution is -2.32. The average molecular weight is 380 g/mol. The van der Waals surface area contributed by atoms with Gasteiger partial charge in [0.2, 0.25) is 5.91 Å². The van der Waals surface area contributed by atoms with E-state index in [1.54, 1.807) is 18.3 Å². The topological polar surface area (TPSA) is 83.1 Å². The van der Waals surface area contributed by atoms with Gasteiger partial charge in [0.15, 0.2) is 0 Å². The lowest BCUT2D eigenvalue weighted by Gasteiger charge is -2.18. The Morgan fingerprint density at radius 3 is 2.50 bits per heavy atom. The molecule has 3 N–H and O–H groups in total. The van der Waals surface area contributed by atoms with Crippen LogP contribution in [-0.4, -0.2) is 16.9 Å². The second kappa shape index (κ2) is 9.35. The van der Waals surface area contributed by atoms with Crippen LogP contribution in [0.3, 0.4) is 0 Å². The second-order valence-electron chi connectivity index (χ2n) is 7.37. The Hall–Kier alpha value is -2.89. The van der Waals surface area contributed by atoms with Gasteiger partial charge in [-0.25, -0.2) is 4.79 Å². The van der Waals surface area contributed by atoms with Crippen molar-refractivity contribution < 1.29 is 9.59 Å². The summed E-state index contributed by atoms with van der Waals surface area (Å²) in [5.41, 5.74) is 3.28. The minimum absolute atomic E-state index is 0.0654. The molecule has 1 atom stereocenters. The van der Waals surface area contributed by atoms with Gasteiger partial charge in [0.05, 0.1) is 11.7 Å². The van der Waals surface area contributed by atoms with Gasteiger partial charge >= 0.3 is 6.03 Å². The maximum absolute atomic E-state index is 12.4. The van der Waals surface area contributed by atoms with Crippen LogP contribution in [0, 0.1) is 12.8 Å². The maximum Gasteiger partial charge on any atom is 0.319 e. The van der Waals surface area contributed by atoms with Crippen molar-refractivity contribution in [2.45, 2.75) is 52.0 Å². The molecule has 6 nitrogen and oxygen atoms in total. The molecule has 0 spiro atoms. The van der Waals surface area contributed by atoms with Crippen molar-refractivity contribution in [3.8, 4) is 0 Å². The minimum Gasteiger partial charge on any atom is -0.330 e. The van der Waals surface area contributed by atoms with Crippen LogP contribution >= 0.6 is 0 Å². The zero-order chi connectivity index (χ0) is 19.9. The molecule has 3 rings (SSSR count). The molecule has 1 heterocycles. The van der Waals surface area contributed by atoms with Crippen molar-refractivity contribution in [1.29, 1.82) is 0 Å². The number of nitrogens with zero attached hydrogens (tertiary/aromatic N) is 1. The summed E-state index contributed by atoms with van der Waals surface area (Å²) in [5.74, 6) is 0.169. The van der Waals surface area contributed by atoms with Crippen molar-refractivity contribution in [3.63, 3.8) is 0 Å². The van der Waals surface area contributed by atoms with Crippen LogP contribution in [0.4, 0.5) is 16.2 Å². The molecule has 0 aliphatic heterocycles. The van der Waals surface area contributed by atoms with Crippen LogP contribution in [0.15, 0.2) is 42.6 Å². The summed E-state index contributed by atoms with van der Waals surface area (Å²) >= 11 is 0. The van der Waals surface area contributed by atoms with E-state index < -0.39 is 0 Å². The molecule has 1 saturated carbocycles. The average Bonchev–Trinajstić information content (AvgIpc) is 3.21. The number of aryl methyl sites for hydroxylation is 1. The van der Waals surface area contributed by atoms with Gasteiger partial charge in [-0.3, -0.25) is 9.78 Å². The molecule has 1 aliphatic carbocycles. The molecule has 1 aliphatic rings. The van der Waals surface area contributed by atoms with Crippen molar-refractivity contribution in [1.82, 2.24) is 10.3 Å². The van der Waals surface area contributed by atoms with E-state index in [-0.39, 0.29) is 23.9 Å². The van der Waals surface area contributed by atoms with E-state index in [0.29, 0.717) is 11.4 Å². The van der Waals surface area contributed by atoms with E-state index in [2.05, 4.69) is 20.9 Å². The van der Waals surface area contributed by atoms with Crippen molar-refractivity contribution in [3.05, 3.63) is 53.9 Å². The fourth-order valence-corrected chi connectivity index (χ4v) is 3.57. The first-order chi connectivity index (χ1) is 13.5. The fraction of sp³-hybridized carbons (Fsp3) is 0.409. The molecule has 2 aromatic rings. The highest BCUT2D eigenvalue weighted by molar-refractivity contribution is 5.94. The minimum atomic E-state index is -0.297. The number of urea groups is 1. The van der Waals surface area contributed by atoms with Crippen LogP contribution in [0.25, 0.3) is 0 Å². The fourth-order valence-electron chi connectivity index (χ4n) is 3.57. The Morgan fingerprint density at radius 1 is 1.11 bits per heavy atom. The Kier molecular flexibility index (Phi) is 6.63. The molecule has 0 radical (unpaired) electrons. The summed E-state index contributed by atoms with van der Waals surface area (Å²) in [6, 6.07) is 10.7. The molecule has 1 fully saturated rings. The number of hydrogen-bond donors (Lipinski definition) is 3. The number of carbonyl (C=O) groups excluding carboxylic acids is 2. The number of rotatable bonds is 6. The third-order valence-corrected chi connectivity index (χ3v) is 5.12. The van der Waals surface area contributed by atoms with Crippen LogP contribution in [0.2, 0.25) is 0 Å². The van der Waals surface area contributed by atoms with Crippen molar-refractivity contribution in [2.75, 3.05) is 10.6 Å². The SMILES string of the molecule is CC[C@H](NC(=O)Nc1cccc(NC(=O)C2CCCC2)c1)c1cc(C)ccn1. The number of aromatic nitrogens is 1. The van der Waals surface area contributed by atoms with Gasteiger partial charge < -0.3 is 16.0 Å². The van der Waals surface area contributed by atoms with E-state index in [4.69, 9.17) is 0 Å². The quantitative estimate of drug-likeness (QED) is 0.674. The van der Waals surface area contributed by atoms with Crippen LogP contribution in [0.5, 0.6) is 0 Å². The Balaban J connectivity index is 1.59. The molecule has 3 amide bonds. The Morgan fingerprint density at radius 2 is 1.82 bits per heavy atom. The van der Waals surface area contributed by atoms with E-state index in [1.165, 1.54) is 0 Å². The lowest BCUT2D eigenvalue weighted by molar-refractivity contribution is -0.119. The first kappa shape index (κ1) is 19.9. The third kappa shape index (κ3) is 5.31. The van der Waals surface area contributed by atoms with Crippen LogP contribution in [0.1, 0.15) is 56.3 Å². The van der Waals surface area contributed by atoms with Crippen molar-refractivity contribution in [2.24, 2.45) is 5.92 Å². The Labute approximate surface area is 166 Å². The molecule has 0 saturated heterocycles.